The lowest BCUT2D eigenvalue weighted by Crippen LogP contribution is -2.26. The Morgan fingerprint density at radius 2 is 2.00 bits per heavy atom. The Morgan fingerprint density at radius 1 is 1.50 bits per heavy atom. The summed E-state index contributed by atoms with van der Waals surface area (Å²) in [6.45, 7) is 6.30. The number of alkyl halides is 1. The molecule has 0 aliphatic carbocycles. The first-order valence-electron chi connectivity index (χ1n) is 3.33. The summed E-state index contributed by atoms with van der Waals surface area (Å²) in [5, 5.41) is 9.62. The lowest BCUT2D eigenvalue weighted by molar-refractivity contribution is -0.0421. The van der Waals surface area contributed by atoms with Crippen molar-refractivity contribution in [3.63, 3.8) is 0 Å². The number of hydrogen-bond donors (Lipinski definition) is 1. The van der Waals surface area contributed by atoms with Crippen LogP contribution in [0.1, 0.15) is 20.8 Å². The molecule has 0 unspecified atom stereocenters. The summed E-state index contributed by atoms with van der Waals surface area (Å²) in [5.74, 6) is 0. The molecule has 0 aliphatic heterocycles. The van der Waals surface area contributed by atoms with Crippen molar-refractivity contribution >= 4 is 15.9 Å². The molecule has 0 aliphatic rings. The van der Waals surface area contributed by atoms with Gasteiger partial charge in [0.1, 0.15) is 0 Å². The zero-order chi connectivity index (χ0) is 8.20. The van der Waals surface area contributed by atoms with Gasteiger partial charge >= 0.3 is 0 Å². The second-order valence-electron chi connectivity index (χ2n) is 3.23. The molecule has 0 aromatic heterocycles. The zero-order valence-corrected chi connectivity index (χ0v) is 8.31. The molecule has 0 aromatic rings. The van der Waals surface area contributed by atoms with Crippen LogP contribution < -0.4 is 0 Å². The van der Waals surface area contributed by atoms with Gasteiger partial charge in [-0.2, -0.15) is 0 Å². The van der Waals surface area contributed by atoms with Gasteiger partial charge in [-0.15, -0.1) is 0 Å². The van der Waals surface area contributed by atoms with Gasteiger partial charge in [-0.05, 0) is 20.8 Å². The monoisotopic (exact) mass is 210 g/mol. The van der Waals surface area contributed by atoms with E-state index in [1.54, 1.807) is 0 Å². The maximum Gasteiger partial charge on any atom is 0.0870 e. The summed E-state index contributed by atoms with van der Waals surface area (Å²) in [7, 11) is 0. The van der Waals surface area contributed by atoms with Crippen molar-refractivity contribution in [3.05, 3.63) is 0 Å². The average Bonchev–Trinajstić information content (AvgIpc) is 1.81. The molecular formula is C7H15BrO2. The van der Waals surface area contributed by atoms with E-state index in [0.717, 1.165) is 0 Å². The minimum atomic E-state index is -0.390. The molecule has 0 fully saturated rings. The third-order valence-electron chi connectivity index (χ3n) is 0.887. The van der Waals surface area contributed by atoms with E-state index in [1.165, 1.54) is 0 Å². The summed E-state index contributed by atoms with van der Waals surface area (Å²) in [6.07, 6.45) is -0.390. The molecule has 1 N–H and O–H groups in total. The number of aliphatic hydroxyl groups excluding tert-OH is 1. The molecule has 0 rings (SSSR count). The first-order chi connectivity index (χ1) is 4.45. The van der Waals surface area contributed by atoms with Crippen molar-refractivity contribution in [2.75, 3.05) is 11.9 Å². The summed E-state index contributed by atoms with van der Waals surface area (Å²) in [5.41, 5.74) is -0.150. The lowest BCUT2D eigenvalue weighted by Gasteiger charge is -2.20. The van der Waals surface area contributed by atoms with Gasteiger partial charge in [-0.25, -0.2) is 0 Å². The number of hydrogen-bond acceptors (Lipinski definition) is 2. The van der Waals surface area contributed by atoms with E-state index in [-0.39, 0.29) is 11.7 Å². The standard InChI is InChI=1S/C7H15BrO2/c1-7(2,3)10-5-6(9)4-8/h6,9H,4-5H2,1-3H3/t6-/m0/s1. The van der Waals surface area contributed by atoms with E-state index >= 15 is 0 Å². The van der Waals surface area contributed by atoms with Crippen molar-refractivity contribution in [1.29, 1.82) is 0 Å². The maximum absolute atomic E-state index is 9.05. The fourth-order valence-electron chi connectivity index (χ4n) is 0.391. The summed E-state index contributed by atoms with van der Waals surface area (Å²) in [4.78, 5) is 0. The zero-order valence-electron chi connectivity index (χ0n) is 6.72. The van der Waals surface area contributed by atoms with Crippen LogP contribution in [0.15, 0.2) is 0 Å². The second-order valence-corrected chi connectivity index (χ2v) is 3.88. The van der Waals surface area contributed by atoms with Gasteiger partial charge in [0.15, 0.2) is 0 Å². The number of aliphatic hydroxyl groups is 1. The largest absolute Gasteiger partial charge is 0.390 e. The number of halogens is 1. The van der Waals surface area contributed by atoms with Gasteiger partial charge in [0.05, 0.1) is 18.3 Å². The third kappa shape index (κ3) is 6.52. The van der Waals surface area contributed by atoms with Crippen LogP contribution >= 0.6 is 15.9 Å². The summed E-state index contributed by atoms with van der Waals surface area (Å²) in [6, 6.07) is 0. The first kappa shape index (κ1) is 10.4. The topological polar surface area (TPSA) is 29.5 Å². The molecule has 0 spiro atoms. The number of ether oxygens (including phenoxy) is 1. The number of rotatable bonds is 3. The Kier molecular flexibility index (Phi) is 4.49. The van der Waals surface area contributed by atoms with Crippen molar-refractivity contribution in [3.8, 4) is 0 Å². The third-order valence-corrected chi connectivity index (χ3v) is 1.63. The smallest absolute Gasteiger partial charge is 0.0870 e. The van der Waals surface area contributed by atoms with Crippen LogP contribution in [0.2, 0.25) is 0 Å². The fourth-order valence-corrected chi connectivity index (χ4v) is 0.578. The van der Waals surface area contributed by atoms with Crippen LogP contribution in [0.3, 0.4) is 0 Å². The van der Waals surface area contributed by atoms with Gasteiger partial charge in [0.25, 0.3) is 0 Å². The van der Waals surface area contributed by atoms with Crippen LogP contribution in [-0.2, 0) is 4.74 Å². The van der Waals surface area contributed by atoms with Crippen LogP contribution in [0, 0.1) is 0 Å². The second kappa shape index (κ2) is 4.31. The van der Waals surface area contributed by atoms with Crippen molar-refractivity contribution < 1.29 is 9.84 Å². The maximum atomic E-state index is 9.05. The van der Waals surface area contributed by atoms with E-state index in [0.29, 0.717) is 11.9 Å². The average molecular weight is 211 g/mol. The molecular weight excluding hydrogens is 196 g/mol. The Hall–Kier alpha value is 0.400. The van der Waals surface area contributed by atoms with Crippen molar-refractivity contribution in [2.24, 2.45) is 0 Å². The van der Waals surface area contributed by atoms with Gasteiger partial charge in [-0.1, -0.05) is 15.9 Å². The molecule has 0 saturated carbocycles. The minimum Gasteiger partial charge on any atom is -0.390 e. The molecule has 0 bridgehead atoms. The van der Waals surface area contributed by atoms with Gasteiger partial charge in [-0.3, -0.25) is 0 Å². The van der Waals surface area contributed by atoms with Gasteiger partial charge in [0, 0.05) is 5.33 Å². The molecule has 2 nitrogen and oxygen atoms in total. The molecule has 10 heavy (non-hydrogen) atoms. The van der Waals surface area contributed by atoms with E-state index in [9.17, 15) is 0 Å². The molecule has 0 saturated heterocycles. The van der Waals surface area contributed by atoms with Crippen LogP contribution in [-0.4, -0.2) is 28.7 Å². The first-order valence-corrected chi connectivity index (χ1v) is 4.46. The van der Waals surface area contributed by atoms with E-state index < -0.39 is 0 Å². The van der Waals surface area contributed by atoms with E-state index in [1.807, 2.05) is 20.8 Å². The van der Waals surface area contributed by atoms with Gasteiger partial charge < -0.3 is 9.84 Å². The minimum absolute atomic E-state index is 0.150. The SMILES string of the molecule is CC(C)(C)OC[C@@H](O)CBr. The van der Waals surface area contributed by atoms with Crippen molar-refractivity contribution in [1.82, 2.24) is 0 Å². The molecule has 1 atom stereocenters. The molecule has 0 amide bonds. The summed E-state index contributed by atoms with van der Waals surface area (Å²) < 4.78 is 5.30. The highest BCUT2D eigenvalue weighted by Crippen LogP contribution is 2.07. The predicted octanol–water partition coefficient (Wildman–Crippen LogP) is 1.56. The van der Waals surface area contributed by atoms with E-state index in [2.05, 4.69) is 15.9 Å². The Morgan fingerprint density at radius 3 is 2.30 bits per heavy atom. The normalized spacial score (nSPS) is 15.3. The van der Waals surface area contributed by atoms with Gasteiger partial charge in [0.2, 0.25) is 0 Å². The highest BCUT2D eigenvalue weighted by molar-refractivity contribution is 9.09. The molecule has 0 radical (unpaired) electrons. The highest BCUT2D eigenvalue weighted by atomic mass is 79.9. The molecule has 0 heterocycles. The predicted molar refractivity (Wildman–Crippen MR) is 45.5 cm³/mol. The fraction of sp³-hybridized carbons (Fsp3) is 1.00. The Bertz CT molecular complexity index is 88.1. The van der Waals surface area contributed by atoms with Crippen LogP contribution in [0.4, 0.5) is 0 Å². The summed E-state index contributed by atoms with van der Waals surface area (Å²) >= 11 is 3.15. The van der Waals surface area contributed by atoms with Crippen molar-refractivity contribution in [2.45, 2.75) is 32.5 Å². The highest BCUT2D eigenvalue weighted by Gasteiger charge is 2.12. The van der Waals surface area contributed by atoms with Crippen LogP contribution in [0.5, 0.6) is 0 Å². The van der Waals surface area contributed by atoms with Crippen LogP contribution in [0.25, 0.3) is 0 Å². The Labute approximate surface area is 70.7 Å². The lowest BCUT2D eigenvalue weighted by atomic mass is 10.2. The quantitative estimate of drug-likeness (QED) is 0.717. The Balaban J connectivity index is 3.36. The van der Waals surface area contributed by atoms with E-state index in [4.69, 9.17) is 9.84 Å². The molecule has 62 valence electrons. The molecule has 0 aromatic carbocycles. The molecule has 3 heteroatoms.